The molecule has 1 aliphatic rings. The molecule has 1 saturated heterocycles. The van der Waals surface area contributed by atoms with Gasteiger partial charge in [0, 0.05) is 27.1 Å². The standard InChI is InChI=1S/C16H19FN4OS/c1-20(2)15(22)13-4-3-9-21(13)16-19-18-14(23-16)10-11-5-7-12(17)8-6-11/h5-8,13H,3-4,9-10H2,1-2H3. The number of amides is 1. The van der Waals surface area contributed by atoms with Crippen LogP contribution in [0.1, 0.15) is 23.4 Å². The fourth-order valence-corrected chi connectivity index (χ4v) is 3.71. The van der Waals surface area contributed by atoms with Gasteiger partial charge in [0.15, 0.2) is 0 Å². The Morgan fingerprint density at radius 2 is 2.09 bits per heavy atom. The van der Waals surface area contributed by atoms with Gasteiger partial charge < -0.3 is 9.80 Å². The minimum Gasteiger partial charge on any atom is -0.347 e. The second-order valence-corrected chi connectivity index (χ2v) is 6.91. The van der Waals surface area contributed by atoms with Crippen molar-refractivity contribution in [3.05, 3.63) is 40.7 Å². The molecule has 1 aliphatic heterocycles. The molecular formula is C16H19FN4OS. The molecule has 122 valence electrons. The predicted molar refractivity (Wildman–Crippen MR) is 88.2 cm³/mol. The summed E-state index contributed by atoms with van der Waals surface area (Å²) >= 11 is 1.50. The molecule has 2 aromatic rings. The van der Waals surface area contributed by atoms with Crippen molar-refractivity contribution in [2.24, 2.45) is 0 Å². The van der Waals surface area contributed by atoms with E-state index in [1.165, 1.54) is 23.5 Å². The Kier molecular flexibility index (Phi) is 4.56. The normalized spacial score (nSPS) is 17.5. The van der Waals surface area contributed by atoms with Crippen LogP contribution in [0.5, 0.6) is 0 Å². The van der Waals surface area contributed by atoms with Crippen LogP contribution in [0.25, 0.3) is 0 Å². The fraction of sp³-hybridized carbons (Fsp3) is 0.438. The minimum atomic E-state index is -0.242. The highest BCUT2D eigenvalue weighted by Gasteiger charge is 2.33. The lowest BCUT2D eigenvalue weighted by Crippen LogP contribution is -2.42. The molecule has 0 aliphatic carbocycles. The van der Waals surface area contributed by atoms with Gasteiger partial charge in [0.2, 0.25) is 11.0 Å². The van der Waals surface area contributed by atoms with Gasteiger partial charge >= 0.3 is 0 Å². The molecule has 0 N–H and O–H groups in total. The fourth-order valence-electron chi connectivity index (χ4n) is 2.76. The Morgan fingerprint density at radius 3 is 2.78 bits per heavy atom. The van der Waals surface area contributed by atoms with Gasteiger partial charge in [-0.1, -0.05) is 23.5 Å². The summed E-state index contributed by atoms with van der Waals surface area (Å²) in [7, 11) is 3.55. The quantitative estimate of drug-likeness (QED) is 0.861. The van der Waals surface area contributed by atoms with Gasteiger partial charge in [0.1, 0.15) is 16.9 Å². The van der Waals surface area contributed by atoms with Gasteiger partial charge in [-0.3, -0.25) is 4.79 Å². The van der Waals surface area contributed by atoms with Gasteiger partial charge in [0.25, 0.3) is 0 Å². The Labute approximate surface area is 138 Å². The van der Waals surface area contributed by atoms with Gasteiger partial charge in [-0.2, -0.15) is 0 Å². The van der Waals surface area contributed by atoms with Crippen molar-refractivity contribution in [1.29, 1.82) is 0 Å². The van der Waals surface area contributed by atoms with Crippen LogP contribution in [0, 0.1) is 5.82 Å². The van der Waals surface area contributed by atoms with Crippen LogP contribution in [-0.4, -0.2) is 47.7 Å². The van der Waals surface area contributed by atoms with Crippen LogP contribution < -0.4 is 4.90 Å². The number of rotatable bonds is 4. The maximum absolute atomic E-state index is 12.9. The largest absolute Gasteiger partial charge is 0.347 e. The molecule has 7 heteroatoms. The Morgan fingerprint density at radius 1 is 1.35 bits per heavy atom. The molecule has 1 atom stereocenters. The zero-order valence-corrected chi connectivity index (χ0v) is 14.0. The summed E-state index contributed by atoms with van der Waals surface area (Å²) in [5, 5.41) is 10.1. The van der Waals surface area contributed by atoms with Gasteiger partial charge in [-0.05, 0) is 30.5 Å². The Hall–Kier alpha value is -2.02. The van der Waals surface area contributed by atoms with Crippen LogP contribution in [0.2, 0.25) is 0 Å². The number of carbonyl (C=O) groups excluding carboxylic acids is 1. The minimum absolute atomic E-state index is 0.109. The number of halogens is 1. The Balaban J connectivity index is 1.73. The maximum Gasteiger partial charge on any atom is 0.244 e. The summed E-state index contributed by atoms with van der Waals surface area (Å²) < 4.78 is 12.9. The van der Waals surface area contributed by atoms with Crippen molar-refractivity contribution in [3.8, 4) is 0 Å². The van der Waals surface area contributed by atoms with Gasteiger partial charge in [-0.15, -0.1) is 10.2 Å². The number of likely N-dealkylation sites (N-methyl/N-ethyl adjacent to an activating group) is 1. The second-order valence-electron chi connectivity index (χ2n) is 5.87. The van der Waals surface area contributed by atoms with Crippen LogP contribution in [0.3, 0.4) is 0 Å². The second kappa shape index (κ2) is 6.62. The molecule has 1 aromatic heterocycles. The zero-order chi connectivity index (χ0) is 16.4. The third-order valence-electron chi connectivity index (χ3n) is 3.95. The third kappa shape index (κ3) is 3.50. The van der Waals surface area contributed by atoms with E-state index in [-0.39, 0.29) is 17.8 Å². The number of benzene rings is 1. The van der Waals surface area contributed by atoms with Gasteiger partial charge in [-0.25, -0.2) is 4.39 Å². The zero-order valence-electron chi connectivity index (χ0n) is 13.2. The van der Waals surface area contributed by atoms with Crippen molar-refractivity contribution >= 4 is 22.4 Å². The van der Waals surface area contributed by atoms with Gasteiger partial charge in [0.05, 0.1) is 0 Å². The topological polar surface area (TPSA) is 49.3 Å². The van der Waals surface area contributed by atoms with E-state index >= 15 is 0 Å². The van der Waals surface area contributed by atoms with E-state index in [0.29, 0.717) is 6.42 Å². The maximum atomic E-state index is 12.9. The molecule has 2 heterocycles. The van der Waals surface area contributed by atoms with Crippen molar-refractivity contribution in [1.82, 2.24) is 15.1 Å². The first-order valence-corrected chi connectivity index (χ1v) is 8.41. The molecule has 3 rings (SSSR count). The van der Waals surface area contributed by atoms with E-state index < -0.39 is 0 Å². The number of hydrogen-bond acceptors (Lipinski definition) is 5. The lowest BCUT2D eigenvalue weighted by Gasteiger charge is -2.25. The molecule has 1 unspecified atom stereocenters. The highest BCUT2D eigenvalue weighted by atomic mass is 32.1. The molecule has 23 heavy (non-hydrogen) atoms. The molecule has 0 spiro atoms. The lowest BCUT2D eigenvalue weighted by atomic mass is 10.2. The molecule has 1 fully saturated rings. The summed E-state index contributed by atoms with van der Waals surface area (Å²) in [5.41, 5.74) is 0.997. The molecule has 1 amide bonds. The average molecular weight is 334 g/mol. The first kappa shape index (κ1) is 15.9. The summed E-state index contributed by atoms with van der Waals surface area (Å²) in [5.74, 6) is -0.133. The van der Waals surface area contributed by atoms with Crippen molar-refractivity contribution in [2.75, 3.05) is 25.5 Å². The number of nitrogens with zero attached hydrogens (tertiary/aromatic N) is 4. The Bertz CT molecular complexity index is 686. The number of aromatic nitrogens is 2. The van der Waals surface area contributed by atoms with E-state index in [9.17, 15) is 9.18 Å². The molecule has 1 aromatic carbocycles. The van der Waals surface area contributed by atoms with Crippen LogP contribution >= 0.6 is 11.3 Å². The molecule has 0 bridgehead atoms. The van der Waals surface area contributed by atoms with Crippen LogP contribution in [0.4, 0.5) is 9.52 Å². The monoisotopic (exact) mass is 334 g/mol. The van der Waals surface area contributed by atoms with Crippen LogP contribution in [0.15, 0.2) is 24.3 Å². The summed E-state index contributed by atoms with van der Waals surface area (Å²) in [6.45, 7) is 0.829. The smallest absolute Gasteiger partial charge is 0.244 e. The van der Waals surface area contributed by atoms with Crippen molar-refractivity contribution in [3.63, 3.8) is 0 Å². The first-order chi connectivity index (χ1) is 11.0. The third-order valence-corrected chi connectivity index (χ3v) is 4.91. The predicted octanol–water partition coefficient (Wildman–Crippen LogP) is 2.33. The lowest BCUT2D eigenvalue weighted by molar-refractivity contribution is -0.129. The summed E-state index contributed by atoms with van der Waals surface area (Å²) in [6, 6.07) is 6.26. The van der Waals surface area contributed by atoms with E-state index in [1.807, 2.05) is 4.90 Å². The summed E-state index contributed by atoms with van der Waals surface area (Å²) in [6.07, 6.45) is 2.46. The number of hydrogen-bond donors (Lipinski definition) is 0. The van der Waals surface area contributed by atoms with Crippen LogP contribution in [-0.2, 0) is 11.2 Å². The van der Waals surface area contributed by atoms with E-state index in [0.717, 1.165) is 35.1 Å². The summed E-state index contributed by atoms with van der Waals surface area (Å²) in [4.78, 5) is 15.9. The van der Waals surface area contributed by atoms with E-state index in [4.69, 9.17) is 0 Å². The molecular weight excluding hydrogens is 315 g/mol. The highest BCUT2D eigenvalue weighted by molar-refractivity contribution is 7.15. The van der Waals surface area contributed by atoms with Crippen molar-refractivity contribution < 1.29 is 9.18 Å². The van der Waals surface area contributed by atoms with E-state index in [1.54, 1.807) is 31.1 Å². The first-order valence-electron chi connectivity index (χ1n) is 7.59. The molecule has 0 saturated carbocycles. The molecule has 0 radical (unpaired) electrons. The number of carbonyl (C=O) groups is 1. The SMILES string of the molecule is CN(C)C(=O)C1CCCN1c1nnc(Cc2ccc(F)cc2)s1. The van der Waals surface area contributed by atoms with E-state index in [2.05, 4.69) is 10.2 Å². The number of anilines is 1. The van der Waals surface area contributed by atoms with Crippen molar-refractivity contribution in [2.45, 2.75) is 25.3 Å². The average Bonchev–Trinajstić information content (AvgIpc) is 3.17. The highest BCUT2D eigenvalue weighted by Crippen LogP contribution is 2.29. The molecule has 5 nitrogen and oxygen atoms in total.